The predicted octanol–water partition coefficient (Wildman–Crippen LogP) is 4.30. The molecule has 0 unspecified atom stereocenters. The van der Waals surface area contributed by atoms with Crippen LogP contribution in [0.3, 0.4) is 0 Å². The van der Waals surface area contributed by atoms with Crippen LogP contribution in [-0.4, -0.2) is 72.1 Å². The fourth-order valence-corrected chi connectivity index (χ4v) is 4.48. The third-order valence-corrected chi connectivity index (χ3v) is 6.52. The lowest BCUT2D eigenvalue weighted by Gasteiger charge is -2.34. The summed E-state index contributed by atoms with van der Waals surface area (Å²) in [7, 11) is 0. The number of nitrogens with one attached hydrogen (secondary N) is 1. The summed E-state index contributed by atoms with van der Waals surface area (Å²) in [4.78, 5) is 26.6. The highest BCUT2D eigenvalue weighted by molar-refractivity contribution is 5.77. The number of ether oxygens (including phenoxy) is 1. The number of benzene rings is 1. The second-order valence-corrected chi connectivity index (χ2v) is 8.99. The summed E-state index contributed by atoms with van der Waals surface area (Å²) >= 11 is 0. The maximum atomic E-state index is 13.2. The van der Waals surface area contributed by atoms with E-state index in [1.165, 1.54) is 18.9 Å². The van der Waals surface area contributed by atoms with Gasteiger partial charge < -0.3 is 19.9 Å². The van der Waals surface area contributed by atoms with E-state index in [0.717, 1.165) is 44.6 Å². The van der Waals surface area contributed by atoms with Crippen molar-refractivity contribution in [1.29, 1.82) is 0 Å². The van der Waals surface area contributed by atoms with E-state index in [-0.39, 0.29) is 30.3 Å². The third-order valence-electron chi connectivity index (χ3n) is 6.52. The van der Waals surface area contributed by atoms with Gasteiger partial charge in [0.15, 0.2) is 0 Å². The average molecular weight is 487 g/mol. The average Bonchev–Trinajstić information content (AvgIpc) is 2.81. The maximum absolute atomic E-state index is 13.2. The minimum Gasteiger partial charge on any atom is -0.382 e. The van der Waals surface area contributed by atoms with Crippen LogP contribution in [0, 0.1) is 10.1 Å². The van der Waals surface area contributed by atoms with Gasteiger partial charge in [0.1, 0.15) is 12.2 Å². The molecule has 3 rings (SSSR count). The van der Waals surface area contributed by atoms with Gasteiger partial charge in [0, 0.05) is 44.0 Å². The molecule has 2 fully saturated rings. The molecule has 0 radical (unpaired) electrons. The largest absolute Gasteiger partial charge is 0.423 e. The summed E-state index contributed by atoms with van der Waals surface area (Å²) in [5.41, 5.74) is -2.06. The number of rotatable bonds is 9. The summed E-state index contributed by atoms with van der Waals surface area (Å²) in [5, 5.41) is 13.9. The maximum Gasteiger partial charge on any atom is 0.423 e. The van der Waals surface area contributed by atoms with Gasteiger partial charge >= 0.3 is 6.18 Å². The summed E-state index contributed by atoms with van der Waals surface area (Å²) in [6, 6.07) is 2.80. The number of nitro groups is 1. The Labute approximate surface area is 197 Å². The van der Waals surface area contributed by atoms with Crippen LogP contribution in [0.15, 0.2) is 18.2 Å². The predicted molar refractivity (Wildman–Crippen MR) is 122 cm³/mol. The molecule has 0 aliphatic carbocycles. The van der Waals surface area contributed by atoms with Crippen molar-refractivity contribution in [3.8, 4) is 0 Å². The molecule has 1 amide bonds. The number of hydrogen-bond donors (Lipinski definition) is 1. The molecule has 0 atom stereocenters. The van der Waals surface area contributed by atoms with Crippen LogP contribution in [0.25, 0.3) is 0 Å². The van der Waals surface area contributed by atoms with Gasteiger partial charge in [0.05, 0.1) is 11.0 Å². The van der Waals surface area contributed by atoms with E-state index >= 15 is 0 Å². The zero-order valence-electron chi connectivity index (χ0n) is 19.5. The molecule has 2 aliphatic rings. The molecule has 0 spiro atoms. The lowest BCUT2D eigenvalue weighted by atomic mass is 10.0. The number of carbonyl (C=O) groups excluding carboxylic acids is 1. The molecule has 0 aromatic heterocycles. The number of anilines is 1. The highest BCUT2D eigenvalue weighted by atomic mass is 19.4. The number of carbonyl (C=O) groups is 1. The fraction of sp³-hybridized carbons (Fsp3) is 0.696. The van der Waals surface area contributed by atoms with E-state index in [9.17, 15) is 28.1 Å². The van der Waals surface area contributed by atoms with Gasteiger partial charge in [0.2, 0.25) is 5.91 Å². The number of amides is 1. The molecule has 34 heavy (non-hydrogen) atoms. The van der Waals surface area contributed by atoms with Crippen LogP contribution < -0.4 is 5.32 Å². The minimum absolute atomic E-state index is 0.0506. The van der Waals surface area contributed by atoms with Crippen LogP contribution >= 0.6 is 0 Å². The molecular weight excluding hydrogens is 453 g/mol. The SMILES string of the molecule is CCCCN1CCC(OCC(=O)N2CCC(Nc3ccc([N+](=O)[O-])c(C(F)(F)F)c3)CC2)CC1. The zero-order chi connectivity index (χ0) is 24.7. The number of nitro benzene ring substituents is 1. The number of alkyl halides is 3. The van der Waals surface area contributed by atoms with Crippen molar-refractivity contribution in [3.05, 3.63) is 33.9 Å². The standard InChI is InChI=1S/C23H33F3N4O4/c1-2-3-10-28-11-8-19(9-12-28)34-16-22(31)29-13-6-17(7-14-29)27-18-4-5-21(30(32)33)20(15-18)23(24,25)26/h4-5,15,17,19,27H,2-3,6-14,16H2,1H3. The van der Waals surface area contributed by atoms with Crippen molar-refractivity contribution in [1.82, 2.24) is 9.80 Å². The smallest absolute Gasteiger partial charge is 0.382 e. The third kappa shape index (κ3) is 7.30. The highest BCUT2D eigenvalue weighted by Crippen LogP contribution is 2.37. The quantitative estimate of drug-likeness (QED) is 0.414. The Hall–Kier alpha value is -2.40. The zero-order valence-corrected chi connectivity index (χ0v) is 19.5. The molecule has 1 aromatic carbocycles. The first-order chi connectivity index (χ1) is 16.2. The van der Waals surface area contributed by atoms with Gasteiger partial charge in [-0.2, -0.15) is 13.2 Å². The number of halogens is 3. The van der Waals surface area contributed by atoms with Crippen molar-refractivity contribution < 1.29 is 27.6 Å². The lowest BCUT2D eigenvalue weighted by molar-refractivity contribution is -0.388. The van der Waals surface area contributed by atoms with Gasteiger partial charge in [-0.3, -0.25) is 14.9 Å². The van der Waals surface area contributed by atoms with E-state index in [1.807, 2.05) is 0 Å². The van der Waals surface area contributed by atoms with Crippen LogP contribution in [0.5, 0.6) is 0 Å². The molecule has 2 heterocycles. The highest BCUT2D eigenvalue weighted by Gasteiger charge is 2.38. The van der Waals surface area contributed by atoms with E-state index in [2.05, 4.69) is 17.1 Å². The van der Waals surface area contributed by atoms with Crippen molar-refractivity contribution in [2.45, 2.75) is 63.8 Å². The molecule has 0 saturated carbocycles. The number of unbranched alkanes of at least 4 members (excludes halogenated alkanes) is 1. The Morgan fingerprint density at radius 1 is 1.18 bits per heavy atom. The number of likely N-dealkylation sites (tertiary alicyclic amines) is 2. The van der Waals surface area contributed by atoms with Crippen LogP contribution in [0.2, 0.25) is 0 Å². The van der Waals surface area contributed by atoms with Crippen LogP contribution in [0.4, 0.5) is 24.5 Å². The van der Waals surface area contributed by atoms with E-state index in [4.69, 9.17) is 4.74 Å². The fourth-order valence-electron chi connectivity index (χ4n) is 4.48. The Morgan fingerprint density at radius 2 is 1.85 bits per heavy atom. The topological polar surface area (TPSA) is 88.0 Å². The Morgan fingerprint density at radius 3 is 2.44 bits per heavy atom. The molecule has 11 heteroatoms. The van der Waals surface area contributed by atoms with Gasteiger partial charge in [0.25, 0.3) is 5.69 Å². The summed E-state index contributed by atoms with van der Waals surface area (Å²) in [6.45, 7) is 6.29. The van der Waals surface area contributed by atoms with Crippen molar-refractivity contribution >= 4 is 17.3 Å². The molecule has 190 valence electrons. The molecular formula is C23H33F3N4O4. The molecule has 1 N–H and O–H groups in total. The van der Waals surface area contributed by atoms with Gasteiger partial charge in [-0.05, 0) is 50.8 Å². The van der Waals surface area contributed by atoms with Crippen LogP contribution in [-0.2, 0) is 15.7 Å². The Balaban J connectivity index is 1.42. The summed E-state index contributed by atoms with van der Waals surface area (Å²) in [6.07, 6.45) is 0.659. The van der Waals surface area contributed by atoms with E-state index in [1.54, 1.807) is 4.90 Å². The number of piperidine rings is 2. The first-order valence-electron chi connectivity index (χ1n) is 11.9. The monoisotopic (exact) mass is 486 g/mol. The molecule has 1 aromatic rings. The molecule has 0 bridgehead atoms. The molecule has 2 aliphatic heterocycles. The van der Waals surface area contributed by atoms with Crippen LogP contribution in [0.1, 0.15) is 51.0 Å². The molecule has 8 nitrogen and oxygen atoms in total. The normalized spacial score (nSPS) is 18.8. The number of nitrogens with zero attached hydrogens (tertiary/aromatic N) is 3. The number of hydrogen-bond acceptors (Lipinski definition) is 6. The van der Waals surface area contributed by atoms with Crippen molar-refractivity contribution in [2.75, 3.05) is 44.6 Å². The first-order valence-corrected chi connectivity index (χ1v) is 11.9. The second kappa shape index (κ2) is 11.8. The Bertz CT molecular complexity index is 836. The lowest BCUT2D eigenvalue weighted by Crippen LogP contribution is -2.45. The second-order valence-electron chi connectivity index (χ2n) is 8.99. The minimum atomic E-state index is -4.82. The van der Waals surface area contributed by atoms with Gasteiger partial charge in [-0.15, -0.1) is 0 Å². The van der Waals surface area contributed by atoms with E-state index < -0.39 is 22.4 Å². The van der Waals surface area contributed by atoms with Gasteiger partial charge in [-0.25, -0.2) is 0 Å². The van der Waals surface area contributed by atoms with Crippen molar-refractivity contribution in [3.63, 3.8) is 0 Å². The summed E-state index contributed by atoms with van der Waals surface area (Å²) < 4.78 is 45.4. The summed E-state index contributed by atoms with van der Waals surface area (Å²) in [5.74, 6) is -0.0680. The van der Waals surface area contributed by atoms with Crippen molar-refractivity contribution in [2.24, 2.45) is 0 Å². The molecule has 2 saturated heterocycles. The Kier molecular flexibility index (Phi) is 9.12. The van der Waals surface area contributed by atoms with E-state index in [0.29, 0.717) is 25.9 Å². The van der Waals surface area contributed by atoms with Gasteiger partial charge in [-0.1, -0.05) is 13.3 Å². The first kappa shape index (κ1) is 26.2.